The molecule has 0 bridgehead atoms. The van der Waals surface area contributed by atoms with Gasteiger partial charge in [0.1, 0.15) is 11.5 Å². The second-order valence-corrected chi connectivity index (χ2v) is 4.30. The number of amides is 1. The van der Waals surface area contributed by atoms with Gasteiger partial charge in [-0.25, -0.2) is 4.98 Å². The Kier molecular flexibility index (Phi) is 3.55. The maximum Gasteiger partial charge on any atom is 0.278 e. The standard InChI is InChI=1S/C14H16N2O3/c1-8-5-6-12(18-4)11(7-8)16-14(17)13-9(2)19-10(3)15-13/h5-7H,1-4H3,(H,16,17). The van der Waals surface area contributed by atoms with E-state index >= 15 is 0 Å². The largest absolute Gasteiger partial charge is 0.495 e. The van der Waals surface area contributed by atoms with Crippen molar-refractivity contribution in [1.82, 2.24) is 4.98 Å². The summed E-state index contributed by atoms with van der Waals surface area (Å²) in [7, 11) is 1.56. The highest BCUT2D eigenvalue weighted by atomic mass is 16.5. The number of aryl methyl sites for hydroxylation is 3. The molecule has 19 heavy (non-hydrogen) atoms. The van der Waals surface area contributed by atoms with Crippen molar-refractivity contribution >= 4 is 11.6 Å². The van der Waals surface area contributed by atoms with Crippen LogP contribution in [0.15, 0.2) is 22.6 Å². The summed E-state index contributed by atoms with van der Waals surface area (Å²) >= 11 is 0. The van der Waals surface area contributed by atoms with Crippen LogP contribution in [0.2, 0.25) is 0 Å². The fourth-order valence-electron chi connectivity index (χ4n) is 1.84. The summed E-state index contributed by atoms with van der Waals surface area (Å²) in [6.07, 6.45) is 0. The minimum atomic E-state index is -0.307. The Morgan fingerprint density at radius 2 is 2.05 bits per heavy atom. The molecule has 0 radical (unpaired) electrons. The number of oxazole rings is 1. The van der Waals surface area contributed by atoms with Gasteiger partial charge >= 0.3 is 0 Å². The molecule has 0 aliphatic rings. The molecule has 1 heterocycles. The zero-order chi connectivity index (χ0) is 14.0. The van der Waals surface area contributed by atoms with Gasteiger partial charge in [-0.3, -0.25) is 4.79 Å². The number of hydrogen-bond acceptors (Lipinski definition) is 4. The molecule has 1 N–H and O–H groups in total. The first-order chi connectivity index (χ1) is 9.01. The van der Waals surface area contributed by atoms with Crippen LogP contribution in [0, 0.1) is 20.8 Å². The normalized spacial score (nSPS) is 10.3. The smallest absolute Gasteiger partial charge is 0.278 e. The van der Waals surface area contributed by atoms with Crippen LogP contribution in [0.4, 0.5) is 5.69 Å². The van der Waals surface area contributed by atoms with Crippen molar-refractivity contribution in [2.75, 3.05) is 12.4 Å². The van der Waals surface area contributed by atoms with Crippen molar-refractivity contribution in [1.29, 1.82) is 0 Å². The maximum absolute atomic E-state index is 12.1. The molecule has 2 rings (SSSR count). The quantitative estimate of drug-likeness (QED) is 0.921. The summed E-state index contributed by atoms with van der Waals surface area (Å²) in [6.45, 7) is 5.36. The maximum atomic E-state index is 12.1. The van der Waals surface area contributed by atoms with E-state index in [9.17, 15) is 4.79 Å². The fraction of sp³-hybridized carbons (Fsp3) is 0.286. The lowest BCUT2D eigenvalue weighted by Gasteiger charge is -2.10. The first-order valence-electron chi connectivity index (χ1n) is 5.91. The van der Waals surface area contributed by atoms with Crippen LogP contribution in [0.3, 0.4) is 0 Å². The third kappa shape index (κ3) is 2.76. The number of carbonyl (C=O) groups is 1. The predicted octanol–water partition coefficient (Wildman–Crippen LogP) is 2.86. The summed E-state index contributed by atoms with van der Waals surface area (Å²) < 4.78 is 10.5. The second-order valence-electron chi connectivity index (χ2n) is 4.30. The molecule has 5 heteroatoms. The van der Waals surface area contributed by atoms with E-state index in [1.807, 2.05) is 25.1 Å². The molecule has 2 aromatic rings. The van der Waals surface area contributed by atoms with Crippen LogP contribution in [-0.2, 0) is 0 Å². The van der Waals surface area contributed by atoms with Crippen molar-refractivity contribution in [3.8, 4) is 5.75 Å². The molecular weight excluding hydrogens is 244 g/mol. The van der Waals surface area contributed by atoms with Gasteiger partial charge in [-0.15, -0.1) is 0 Å². The van der Waals surface area contributed by atoms with Gasteiger partial charge in [0.05, 0.1) is 12.8 Å². The molecule has 0 saturated heterocycles. The van der Waals surface area contributed by atoms with Crippen LogP contribution in [-0.4, -0.2) is 18.0 Å². The monoisotopic (exact) mass is 260 g/mol. The first kappa shape index (κ1) is 13.1. The lowest BCUT2D eigenvalue weighted by Crippen LogP contribution is -2.14. The lowest BCUT2D eigenvalue weighted by molar-refractivity contribution is 0.102. The Morgan fingerprint density at radius 1 is 1.32 bits per heavy atom. The summed E-state index contributed by atoms with van der Waals surface area (Å²) in [5.41, 5.74) is 1.94. The molecule has 5 nitrogen and oxygen atoms in total. The number of ether oxygens (including phenoxy) is 1. The van der Waals surface area contributed by atoms with Gasteiger partial charge in [-0.2, -0.15) is 0 Å². The molecule has 0 aliphatic heterocycles. The zero-order valence-electron chi connectivity index (χ0n) is 11.4. The van der Waals surface area contributed by atoms with E-state index < -0.39 is 0 Å². The zero-order valence-corrected chi connectivity index (χ0v) is 11.4. The minimum Gasteiger partial charge on any atom is -0.495 e. The van der Waals surface area contributed by atoms with Gasteiger partial charge in [-0.1, -0.05) is 6.07 Å². The Hall–Kier alpha value is -2.30. The molecule has 100 valence electrons. The highest BCUT2D eigenvalue weighted by Gasteiger charge is 2.17. The average molecular weight is 260 g/mol. The van der Waals surface area contributed by atoms with Crippen LogP contribution in [0.1, 0.15) is 27.7 Å². The van der Waals surface area contributed by atoms with Gasteiger partial charge < -0.3 is 14.5 Å². The lowest BCUT2D eigenvalue weighted by atomic mass is 10.2. The average Bonchev–Trinajstić information content (AvgIpc) is 2.69. The number of nitrogens with zero attached hydrogens (tertiary/aromatic N) is 1. The number of benzene rings is 1. The molecule has 1 aromatic carbocycles. The van der Waals surface area contributed by atoms with E-state index in [-0.39, 0.29) is 5.91 Å². The SMILES string of the molecule is COc1ccc(C)cc1NC(=O)c1nc(C)oc1C. The van der Waals surface area contributed by atoms with Crippen LogP contribution >= 0.6 is 0 Å². The second kappa shape index (κ2) is 5.14. The summed E-state index contributed by atoms with van der Waals surface area (Å²) in [5, 5.41) is 2.79. The van der Waals surface area contributed by atoms with E-state index in [1.54, 1.807) is 21.0 Å². The number of nitrogens with one attached hydrogen (secondary N) is 1. The number of methoxy groups -OCH3 is 1. The Balaban J connectivity index is 2.28. The van der Waals surface area contributed by atoms with E-state index in [1.165, 1.54) is 0 Å². The van der Waals surface area contributed by atoms with Crippen molar-refractivity contribution < 1.29 is 13.9 Å². The minimum absolute atomic E-state index is 0.293. The molecule has 0 fully saturated rings. The van der Waals surface area contributed by atoms with Gasteiger partial charge in [0.2, 0.25) is 0 Å². The van der Waals surface area contributed by atoms with E-state index in [4.69, 9.17) is 9.15 Å². The van der Waals surface area contributed by atoms with Gasteiger partial charge in [0.15, 0.2) is 11.6 Å². The number of hydrogen-bond donors (Lipinski definition) is 1. The molecule has 0 unspecified atom stereocenters. The third-order valence-corrected chi connectivity index (χ3v) is 2.72. The molecule has 1 aromatic heterocycles. The fourth-order valence-corrected chi connectivity index (χ4v) is 1.84. The number of aromatic nitrogens is 1. The topological polar surface area (TPSA) is 64.4 Å². The molecule has 0 atom stereocenters. The van der Waals surface area contributed by atoms with Crippen LogP contribution in [0.25, 0.3) is 0 Å². The first-order valence-corrected chi connectivity index (χ1v) is 5.91. The molecule has 1 amide bonds. The van der Waals surface area contributed by atoms with Crippen LogP contribution < -0.4 is 10.1 Å². The Labute approximate surface area is 111 Å². The number of carbonyl (C=O) groups excluding carboxylic acids is 1. The summed E-state index contributed by atoms with van der Waals surface area (Å²) in [6, 6.07) is 5.57. The van der Waals surface area contributed by atoms with Crippen molar-refractivity contribution in [3.63, 3.8) is 0 Å². The van der Waals surface area contributed by atoms with E-state index in [0.29, 0.717) is 28.8 Å². The molecular formula is C14H16N2O3. The van der Waals surface area contributed by atoms with Gasteiger partial charge in [-0.05, 0) is 31.5 Å². The highest BCUT2D eigenvalue weighted by molar-refractivity contribution is 6.04. The van der Waals surface area contributed by atoms with E-state index in [0.717, 1.165) is 5.56 Å². The van der Waals surface area contributed by atoms with Gasteiger partial charge in [0, 0.05) is 6.92 Å². The van der Waals surface area contributed by atoms with Crippen LogP contribution in [0.5, 0.6) is 5.75 Å². The van der Waals surface area contributed by atoms with Crippen molar-refractivity contribution in [2.45, 2.75) is 20.8 Å². The van der Waals surface area contributed by atoms with Crippen molar-refractivity contribution in [2.24, 2.45) is 0 Å². The highest BCUT2D eigenvalue weighted by Crippen LogP contribution is 2.26. The number of rotatable bonds is 3. The molecule has 0 aliphatic carbocycles. The van der Waals surface area contributed by atoms with Crippen molar-refractivity contribution in [3.05, 3.63) is 41.1 Å². The van der Waals surface area contributed by atoms with E-state index in [2.05, 4.69) is 10.3 Å². The number of anilines is 1. The Morgan fingerprint density at radius 3 is 2.63 bits per heavy atom. The molecule has 0 spiro atoms. The molecule has 0 saturated carbocycles. The van der Waals surface area contributed by atoms with Gasteiger partial charge in [0.25, 0.3) is 5.91 Å². The summed E-state index contributed by atoms with van der Waals surface area (Å²) in [5.74, 6) is 1.27. The summed E-state index contributed by atoms with van der Waals surface area (Å²) in [4.78, 5) is 16.2. The Bertz CT molecular complexity index is 617. The predicted molar refractivity (Wildman–Crippen MR) is 71.7 cm³/mol. The third-order valence-electron chi connectivity index (χ3n) is 2.72.